The molecule has 6 heteroatoms. The summed E-state index contributed by atoms with van der Waals surface area (Å²) in [4.78, 5) is 26.2. The molecule has 0 saturated heterocycles. The number of hydrogen-bond donors (Lipinski definition) is 1. The van der Waals surface area contributed by atoms with Crippen LogP contribution >= 0.6 is 0 Å². The van der Waals surface area contributed by atoms with E-state index < -0.39 is 5.97 Å². The predicted molar refractivity (Wildman–Crippen MR) is 95.5 cm³/mol. The summed E-state index contributed by atoms with van der Waals surface area (Å²) in [5.74, 6) is -0.0871. The molecule has 0 saturated carbocycles. The molecule has 2 aromatic rings. The molecule has 0 radical (unpaired) electrons. The number of amides is 2. The number of benzene rings is 1. The number of nitrogens with zero attached hydrogens (tertiary/aromatic N) is 2. The lowest BCUT2D eigenvalue weighted by atomic mass is 9.97. The molecule has 0 spiro atoms. The quantitative estimate of drug-likeness (QED) is 0.869. The highest BCUT2D eigenvalue weighted by Gasteiger charge is 2.32. The van der Waals surface area contributed by atoms with Gasteiger partial charge in [0.15, 0.2) is 0 Å². The molecule has 25 heavy (non-hydrogen) atoms. The Morgan fingerprint density at radius 1 is 1.16 bits per heavy atom. The summed E-state index contributed by atoms with van der Waals surface area (Å²) in [6.07, 6.45) is 2.06. The number of urea groups is 1. The number of hydrogen-bond acceptors (Lipinski definition) is 3. The van der Waals surface area contributed by atoms with Crippen molar-refractivity contribution in [2.24, 2.45) is 5.92 Å². The first kappa shape index (κ1) is 17.1. The fourth-order valence-corrected chi connectivity index (χ4v) is 3.35. The van der Waals surface area contributed by atoms with Gasteiger partial charge in [0.1, 0.15) is 0 Å². The minimum atomic E-state index is -0.394. The number of carbonyl (C=O) groups is 2. The fraction of sp³-hybridized carbons (Fsp3) is 0.368. The summed E-state index contributed by atoms with van der Waals surface area (Å²) in [6.45, 7) is 5.70. The maximum absolute atomic E-state index is 12.8. The van der Waals surface area contributed by atoms with Crippen LogP contribution < -0.4 is 5.32 Å². The van der Waals surface area contributed by atoms with Crippen molar-refractivity contribution in [3.63, 3.8) is 0 Å². The average Bonchev–Trinajstić information content (AvgIpc) is 3.09. The van der Waals surface area contributed by atoms with Crippen molar-refractivity contribution in [3.8, 4) is 0 Å². The lowest BCUT2D eigenvalue weighted by molar-refractivity contribution is 0.0600. The minimum Gasteiger partial charge on any atom is -0.465 e. The van der Waals surface area contributed by atoms with Crippen LogP contribution in [0.15, 0.2) is 42.6 Å². The topological polar surface area (TPSA) is 63.6 Å². The maximum atomic E-state index is 12.8. The number of nitrogens with one attached hydrogen (secondary N) is 1. The Morgan fingerprint density at radius 3 is 2.52 bits per heavy atom. The maximum Gasteiger partial charge on any atom is 0.337 e. The van der Waals surface area contributed by atoms with Crippen LogP contribution in [-0.4, -0.2) is 35.1 Å². The normalized spacial score (nSPS) is 16.5. The molecule has 2 amide bonds. The molecule has 1 atom stereocenters. The highest BCUT2D eigenvalue weighted by atomic mass is 16.5. The zero-order valence-electron chi connectivity index (χ0n) is 14.7. The molecule has 1 aromatic heterocycles. The van der Waals surface area contributed by atoms with Gasteiger partial charge in [-0.05, 0) is 42.3 Å². The molecular formula is C19H23N3O3. The van der Waals surface area contributed by atoms with Gasteiger partial charge in [0.05, 0.1) is 18.7 Å². The Kier molecular flexibility index (Phi) is 4.79. The predicted octanol–water partition coefficient (Wildman–Crippen LogP) is 3.52. The number of aromatic nitrogens is 1. The van der Waals surface area contributed by atoms with Crippen molar-refractivity contribution in [1.82, 2.24) is 9.47 Å². The molecule has 2 heterocycles. The van der Waals surface area contributed by atoms with Gasteiger partial charge in [-0.2, -0.15) is 0 Å². The third-order valence-corrected chi connectivity index (χ3v) is 4.53. The molecule has 132 valence electrons. The number of ether oxygens (including phenoxy) is 1. The number of fused-ring (bicyclic) bond motifs is 1. The van der Waals surface area contributed by atoms with E-state index in [0.717, 1.165) is 12.2 Å². The van der Waals surface area contributed by atoms with Crippen LogP contribution in [0.2, 0.25) is 0 Å². The lowest BCUT2D eigenvalue weighted by Crippen LogP contribution is -2.45. The van der Waals surface area contributed by atoms with Gasteiger partial charge in [0, 0.05) is 30.7 Å². The van der Waals surface area contributed by atoms with E-state index in [9.17, 15) is 9.59 Å². The van der Waals surface area contributed by atoms with Crippen molar-refractivity contribution in [2.75, 3.05) is 19.0 Å². The Bertz CT molecular complexity index is 764. The monoisotopic (exact) mass is 341 g/mol. The Labute approximate surface area is 147 Å². The first-order valence-corrected chi connectivity index (χ1v) is 8.42. The summed E-state index contributed by atoms with van der Waals surface area (Å²) < 4.78 is 6.89. The van der Waals surface area contributed by atoms with Crippen LogP contribution in [-0.2, 0) is 11.3 Å². The van der Waals surface area contributed by atoms with Gasteiger partial charge in [-0.1, -0.05) is 13.8 Å². The highest BCUT2D eigenvalue weighted by Crippen LogP contribution is 2.32. The first-order chi connectivity index (χ1) is 12.0. The van der Waals surface area contributed by atoms with E-state index in [1.165, 1.54) is 7.11 Å². The van der Waals surface area contributed by atoms with E-state index in [2.05, 4.69) is 40.7 Å². The van der Waals surface area contributed by atoms with Crippen molar-refractivity contribution >= 4 is 17.7 Å². The van der Waals surface area contributed by atoms with E-state index in [1.807, 2.05) is 11.0 Å². The summed E-state index contributed by atoms with van der Waals surface area (Å²) >= 11 is 0. The van der Waals surface area contributed by atoms with Crippen molar-refractivity contribution in [1.29, 1.82) is 0 Å². The summed E-state index contributed by atoms with van der Waals surface area (Å²) in [5, 5.41) is 2.93. The molecule has 1 aliphatic heterocycles. The van der Waals surface area contributed by atoms with Crippen molar-refractivity contribution < 1.29 is 14.3 Å². The molecule has 6 nitrogen and oxygen atoms in total. The molecule has 1 aliphatic rings. The van der Waals surface area contributed by atoms with E-state index in [0.29, 0.717) is 23.7 Å². The zero-order chi connectivity index (χ0) is 18.0. The number of rotatable bonds is 3. The average molecular weight is 341 g/mol. The summed E-state index contributed by atoms with van der Waals surface area (Å²) in [7, 11) is 1.34. The van der Waals surface area contributed by atoms with Crippen LogP contribution in [0.1, 0.15) is 35.9 Å². The van der Waals surface area contributed by atoms with Crippen LogP contribution in [0.3, 0.4) is 0 Å². The molecule has 1 N–H and O–H groups in total. The molecule has 0 fully saturated rings. The van der Waals surface area contributed by atoms with Crippen molar-refractivity contribution in [2.45, 2.75) is 26.4 Å². The molecular weight excluding hydrogens is 318 g/mol. The van der Waals surface area contributed by atoms with Crippen LogP contribution in [0.25, 0.3) is 0 Å². The van der Waals surface area contributed by atoms with Gasteiger partial charge in [-0.15, -0.1) is 0 Å². The Balaban J connectivity index is 1.75. The second kappa shape index (κ2) is 7.01. The number of anilines is 1. The summed E-state index contributed by atoms with van der Waals surface area (Å²) in [5.41, 5.74) is 2.27. The van der Waals surface area contributed by atoms with E-state index in [1.54, 1.807) is 24.3 Å². The van der Waals surface area contributed by atoms with Gasteiger partial charge in [0.25, 0.3) is 0 Å². The van der Waals surface area contributed by atoms with E-state index >= 15 is 0 Å². The molecule has 1 aromatic carbocycles. The third kappa shape index (κ3) is 3.38. The smallest absolute Gasteiger partial charge is 0.337 e. The largest absolute Gasteiger partial charge is 0.465 e. The van der Waals surface area contributed by atoms with E-state index in [4.69, 9.17) is 0 Å². The Morgan fingerprint density at radius 2 is 1.88 bits per heavy atom. The zero-order valence-corrected chi connectivity index (χ0v) is 14.7. The molecule has 0 aliphatic carbocycles. The van der Waals surface area contributed by atoms with Gasteiger partial charge in [-0.25, -0.2) is 9.59 Å². The summed E-state index contributed by atoms with van der Waals surface area (Å²) in [6, 6.07) is 10.7. The van der Waals surface area contributed by atoms with E-state index in [-0.39, 0.29) is 12.1 Å². The standard InChI is InChI=1S/C19H23N3O3/c1-13(2)17-16-5-4-10-21(16)11-12-22(17)19(24)20-15-8-6-14(7-9-15)18(23)25-3/h4-10,13,17H,11-12H2,1-3H3,(H,20,24). The fourth-order valence-electron chi connectivity index (χ4n) is 3.35. The molecule has 3 rings (SSSR count). The van der Waals surface area contributed by atoms with Gasteiger partial charge < -0.3 is 19.5 Å². The number of methoxy groups -OCH3 is 1. The second-order valence-electron chi connectivity index (χ2n) is 6.51. The number of esters is 1. The lowest BCUT2D eigenvalue weighted by Gasteiger charge is -2.39. The van der Waals surface area contributed by atoms with Crippen LogP contribution in [0, 0.1) is 5.92 Å². The third-order valence-electron chi connectivity index (χ3n) is 4.53. The number of carbonyl (C=O) groups excluding carboxylic acids is 2. The first-order valence-electron chi connectivity index (χ1n) is 8.42. The van der Waals surface area contributed by atoms with Crippen molar-refractivity contribution in [3.05, 3.63) is 53.9 Å². The Hall–Kier alpha value is -2.76. The second-order valence-corrected chi connectivity index (χ2v) is 6.51. The molecule has 1 unspecified atom stereocenters. The SMILES string of the molecule is COC(=O)c1ccc(NC(=O)N2CCn3cccc3C2C(C)C)cc1. The van der Waals surface area contributed by atoms with Crippen LogP contribution in [0.4, 0.5) is 10.5 Å². The van der Waals surface area contributed by atoms with Gasteiger partial charge in [0.2, 0.25) is 0 Å². The highest BCUT2D eigenvalue weighted by molar-refractivity contribution is 5.92. The van der Waals surface area contributed by atoms with Gasteiger partial charge >= 0.3 is 12.0 Å². The van der Waals surface area contributed by atoms with Gasteiger partial charge in [-0.3, -0.25) is 0 Å². The van der Waals surface area contributed by atoms with Crippen LogP contribution in [0.5, 0.6) is 0 Å². The minimum absolute atomic E-state index is 0.0399. The molecule has 0 bridgehead atoms.